The molecule has 0 spiro atoms. The summed E-state index contributed by atoms with van der Waals surface area (Å²) in [5.74, 6) is 2.60. The van der Waals surface area contributed by atoms with Crippen molar-refractivity contribution in [1.82, 2.24) is 0 Å². The third kappa shape index (κ3) is 2.84. The normalized spacial score (nSPS) is 29.7. The first kappa shape index (κ1) is 9.09. The zero-order valence-corrected chi connectivity index (χ0v) is 8.41. The Balaban J connectivity index is 2.31. The molecule has 65 valence electrons. The minimum Gasteiger partial charge on any atom is -0.0599 e. The molecule has 1 atom stereocenters. The van der Waals surface area contributed by atoms with Crippen LogP contribution in [0.15, 0.2) is 0 Å². The predicted molar refractivity (Wildman–Crippen MR) is 50.3 cm³/mol. The van der Waals surface area contributed by atoms with Gasteiger partial charge in [0.05, 0.1) is 0 Å². The summed E-state index contributed by atoms with van der Waals surface area (Å²) >= 11 is 0. The smallest absolute Gasteiger partial charge is 0.0300 e. The third-order valence-electron chi connectivity index (χ3n) is 2.77. The van der Waals surface area contributed by atoms with Crippen molar-refractivity contribution >= 4 is 0 Å². The van der Waals surface area contributed by atoms with Crippen LogP contribution < -0.4 is 0 Å². The van der Waals surface area contributed by atoms with Crippen LogP contribution >= 0.6 is 0 Å². The highest BCUT2D eigenvalue weighted by Crippen LogP contribution is 2.43. The summed E-state index contributed by atoms with van der Waals surface area (Å²) in [6.45, 7) is 9.31. The topological polar surface area (TPSA) is 0 Å². The van der Waals surface area contributed by atoms with Gasteiger partial charge in [-0.05, 0) is 42.9 Å². The Labute approximate surface area is 71.4 Å². The van der Waals surface area contributed by atoms with Crippen LogP contribution in [0.3, 0.4) is 0 Å². The van der Waals surface area contributed by atoms with Crippen LogP contribution in [0.2, 0.25) is 0 Å². The lowest BCUT2D eigenvalue weighted by molar-refractivity contribution is 0.356. The molecule has 0 heteroatoms. The Hall–Kier alpha value is 0. The quantitative estimate of drug-likeness (QED) is 0.566. The van der Waals surface area contributed by atoms with Crippen molar-refractivity contribution in [2.24, 2.45) is 11.3 Å². The Morgan fingerprint density at radius 2 is 2.00 bits per heavy atom. The average molecular weight is 153 g/mol. The Kier molecular flexibility index (Phi) is 2.61. The van der Waals surface area contributed by atoms with E-state index in [-0.39, 0.29) is 0 Å². The van der Waals surface area contributed by atoms with Gasteiger partial charge in [0.2, 0.25) is 0 Å². The van der Waals surface area contributed by atoms with E-state index in [4.69, 9.17) is 0 Å². The molecule has 0 aliphatic heterocycles. The summed E-state index contributed by atoms with van der Waals surface area (Å²) in [5, 5.41) is 0. The van der Waals surface area contributed by atoms with E-state index in [1.165, 1.54) is 25.7 Å². The van der Waals surface area contributed by atoms with Crippen LogP contribution in [0, 0.1) is 17.3 Å². The summed E-state index contributed by atoms with van der Waals surface area (Å²) < 4.78 is 0. The maximum absolute atomic E-state index is 2.40. The zero-order valence-electron chi connectivity index (χ0n) is 8.41. The lowest BCUT2D eigenvalue weighted by Crippen LogP contribution is -2.06. The lowest BCUT2D eigenvalue weighted by Gasteiger charge is -2.17. The van der Waals surface area contributed by atoms with Crippen molar-refractivity contribution in [2.45, 2.75) is 53.4 Å². The van der Waals surface area contributed by atoms with Gasteiger partial charge in [-0.15, -0.1) is 0 Å². The van der Waals surface area contributed by atoms with Gasteiger partial charge in [-0.25, -0.2) is 0 Å². The van der Waals surface area contributed by atoms with E-state index in [1.807, 2.05) is 0 Å². The maximum Gasteiger partial charge on any atom is -0.0300 e. The van der Waals surface area contributed by atoms with Crippen LogP contribution in [0.5, 0.6) is 0 Å². The van der Waals surface area contributed by atoms with E-state index in [1.54, 1.807) is 5.92 Å². The molecule has 0 bridgehead atoms. The molecule has 0 N–H and O–H groups in total. The van der Waals surface area contributed by atoms with Crippen molar-refractivity contribution in [2.75, 3.05) is 0 Å². The second-order valence-corrected chi connectivity index (χ2v) is 5.18. The minimum absolute atomic E-state index is 0.639. The maximum atomic E-state index is 2.40. The largest absolute Gasteiger partial charge is 0.0599 e. The number of hydrogen-bond acceptors (Lipinski definition) is 0. The van der Waals surface area contributed by atoms with E-state index < -0.39 is 0 Å². The molecule has 1 radical (unpaired) electrons. The number of rotatable bonds is 2. The van der Waals surface area contributed by atoms with E-state index >= 15 is 0 Å². The molecule has 1 rings (SSSR count). The van der Waals surface area contributed by atoms with Crippen LogP contribution in [0.4, 0.5) is 0 Å². The Morgan fingerprint density at radius 3 is 2.36 bits per heavy atom. The molecule has 11 heavy (non-hydrogen) atoms. The fraction of sp³-hybridized carbons (Fsp3) is 0.909. The molecule has 0 aromatic carbocycles. The first-order chi connectivity index (χ1) is 4.99. The minimum atomic E-state index is 0.639. The molecule has 0 amide bonds. The highest BCUT2D eigenvalue weighted by Gasteiger charge is 2.30. The van der Waals surface area contributed by atoms with Gasteiger partial charge in [0.1, 0.15) is 0 Å². The van der Waals surface area contributed by atoms with Crippen LogP contribution in [-0.4, -0.2) is 0 Å². The lowest BCUT2D eigenvalue weighted by atomic mass is 9.88. The standard InChI is InChI=1S/C11H21/c1-9(2)7-10-5-6-11(3,4)8-10/h10H,5-8H2,1-4H3. The predicted octanol–water partition coefficient (Wildman–Crippen LogP) is 3.82. The summed E-state index contributed by atoms with van der Waals surface area (Å²) in [5.41, 5.74) is 0.639. The van der Waals surface area contributed by atoms with Gasteiger partial charge < -0.3 is 0 Å². The monoisotopic (exact) mass is 153 g/mol. The van der Waals surface area contributed by atoms with Gasteiger partial charge in [0, 0.05) is 0 Å². The van der Waals surface area contributed by atoms with E-state index in [0.717, 1.165) is 5.92 Å². The molecule has 1 fully saturated rings. The van der Waals surface area contributed by atoms with Gasteiger partial charge in [0.15, 0.2) is 0 Å². The molecule has 0 aromatic rings. The first-order valence-electron chi connectivity index (χ1n) is 4.79. The second kappa shape index (κ2) is 3.16. The van der Waals surface area contributed by atoms with Gasteiger partial charge >= 0.3 is 0 Å². The SMILES string of the molecule is C[C](C)CC1CCC(C)(C)C1. The van der Waals surface area contributed by atoms with Crippen molar-refractivity contribution in [3.63, 3.8) is 0 Å². The molecule has 1 unspecified atom stereocenters. The van der Waals surface area contributed by atoms with Crippen molar-refractivity contribution in [1.29, 1.82) is 0 Å². The van der Waals surface area contributed by atoms with Gasteiger partial charge in [-0.2, -0.15) is 0 Å². The van der Waals surface area contributed by atoms with E-state index in [0.29, 0.717) is 5.41 Å². The van der Waals surface area contributed by atoms with Crippen LogP contribution in [-0.2, 0) is 0 Å². The first-order valence-corrected chi connectivity index (χ1v) is 4.79. The van der Waals surface area contributed by atoms with Crippen molar-refractivity contribution in [3.05, 3.63) is 5.92 Å². The Morgan fingerprint density at radius 1 is 1.36 bits per heavy atom. The van der Waals surface area contributed by atoms with Crippen LogP contribution in [0.25, 0.3) is 0 Å². The van der Waals surface area contributed by atoms with Crippen molar-refractivity contribution < 1.29 is 0 Å². The molecule has 1 aliphatic rings. The molecule has 0 nitrogen and oxygen atoms in total. The molecule has 0 heterocycles. The van der Waals surface area contributed by atoms with Crippen molar-refractivity contribution in [3.8, 4) is 0 Å². The van der Waals surface area contributed by atoms with Gasteiger partial charge in [-0.1, -0.05) is 27.7 Å². The fourth-order valence-corrected chi connectivity index (χ4v) is 2.33. The molecule has 0 saturated heterocycles. The highest BCUT2D eigenvalue weighted by molar-refractivity contribution is 4.88. The van der Waals surface area contributed by atoms with Gasteiger partial charge in [-0.3, -0.25) is 0 Å². The van der Waals surface area contributed by atoms with E-state index in [2.05, 4.69) is 27.7 Å². The summed E-state index contributed by atoms with van der Waals surface area (Å²) in [6.07, 6.45) is 5.70. The molecular formula is C11H21. The third-order valence-corrected chi connectivity index (χ3v) is 2.77. The van der Waals surface area contributed by atoms with Gasteiger partial charge in [0.25, 0.3) is 0 Å². The Bertz CT molecular complexity index is 122. The molecule has 1 saturated carbocycles. The van der Waals surface area contributed by atoms with Crippen LogP contribution in [0.1, 0.15) is 53.4 Å². The molecule has 0 aromatic heterocycles. The zero-order chi connectivity index (χ0) is 8.48. The molecule has 1 aliphatic carbocycles. The summed E-state index contributed by atoms with van der Waals surface area (Å²) in [4.78, 5) is 0. The average Bonchev–Trinajstić information content (AvgIpc) is 2.08. The fourth-order valence-electron chi connectivity index (χ4n) is 2.33. The second-order valence-electron chi connectivity index (χ2n) is 5.18. The molecular weight excluding hydrogens is 132 g/mol. The summed E-state index contributed by atoms with van der Waals surface area (Å²) in [6, 6.07) is 0. The van der Waals surface area contributed by atoms with E-state index in [9.17, 15) is 0 Å². The highest BCUT2D eigenvalue weighted by atomic mass is 14.4. The summed E-state index contributed by atoms with van der Waals surface area (Å²) in [7, 11) is 0. The number of hydrogen-bond donors (Lipinski definition) is 0.